The van der Waals surface area contributed by atoms with Crippen molar-refractivity contribution in [2.45, 2.75) is 39.7 Å². The molecule has 1 aliphatic rings. The molecule has 4 amide bonds. The number of imide groups is 1. The van der Waals surface area contributed by atoms with E-state index in [0.717, 1.165) is 0 Å². The van der Waals surface area contributed by atoms with Crippen LogP contribution < -0.4 is 5.32 Å². The first kappa shape index (κ1) is 15.5. The van der Waals surface area contributed by atoms with Crippen LogP contribution in [-0.4, -0.2) is 53.3 Å². The van der Waals surface area contributed by atoms with Gasteiger partial charge >= 0.3 is 6.03 Å². The molecule has 0 spiro atoms. The van der Waals surface area contributed by atoms with Gasteiger partial charge in [0.2, 0.25) is 5.91 Å². The fraction of sp³-hybridized carbons (Fsp3) is 0.769. The van der Waals surface area contributed by atoms with E-state index in [0.29, 0.717) is 13.0 Å². The highest BCUT2D eigenvalue weighted by Crippen LogP contribution is 2.26. The summed E-state index contributed by atoms with van der Waals surface area (Å²) in [6.07, 6.45) is 0.479. The fourth-order valence-corrected chi connectivity index (χ4v) is 1.98. The monoisotopic (exact) mass is 269 g/mol. The van der Waals surface area contributed by atoms with Crippen molar-refractivity contribution >= 4 is 17.8 Å². The SMILES string of the molecule is CCNC(=O)[C@@H](C)CCN1C(=O)N(C)C(C)(C)C1=O. The molecule has 0 unspecified atom stereocenters. The predicted molar refractivity (Wildman–Crippen MR) is 71.4 cm³/mol. The van der Waals surface area contributed by atoms with E-state index in [1.54, 1.807) is 27.8 Å². The van der Waals surface area contributed by atoms with Crippen LogP contribution >= 0.6 is 0 Å². The molecule has 1 aliphatic heterocycles. The summed E-state index contributed by atoms with van der Waals surface area (Å²) in [5.74, 6) is -0.466. The van der Waals surface area contributed by atoms with E-state index in [4.69, 9.17) is 0 Å². The molecule has 108 valence electrons. The third kappa shape index (κ3) is 2.88. The van der Waals surface area contributed by atoms with Crippen molar-refractivity contribution in [2.75, 3.05) is 20.1 Å². The molecule has 1 rings (SSSR count). The summed E-state index contributed by atoms with van der Waals surface area (Å²) in [5.41, 5.74) is -0.800. The van der Waals surface area contributed by atoms with Gasteiger partial charge in [0.05, 0.1) is 0 Å². The molecule has 0 bridgehead atoms. The molecule has 0 aromatic rings. The molecule has 1 atom stereocenters. The van der Waals surface area contributed by atoms with Crippen molar-refractivity contribution in [3.05, 3.63) is 0 Å². The van der Waals surface area contributed by atoms with Crippen molar-refractivity contribution in [2.24, 2.45) is 5.92 Å². The average molecular weight is 269 g/mol. The first-order valence-electron chi connectivity index (χ1n) is 6.61. The number of carbonyl (C=O) groups excluding carboxylic acids is 3. The van der Waals surface area contributed by atoms with Crippen LogP contribution in [0.3, 0.4) is 0 Å². The molecule has 1 saturated heterocycles. The molecular formula is C13H23N3O3. The van der Waals surface area contributed by atoms with E-state index < -0.39 is 5.54 Å². The summed E-state index contributed by atoms with van der Waals surface area (Å²) in [6, 6.07) is -0.293. The third-order valence-electron chi connectivity index (χ3n) is 3.71. The third-order valence-corrected chi connectivity index (χ3v) is 3.71. The molecule has 1 heterocycles. The lowest BCUT2D eigenvalue weighted by molar-refractivity contribution is -0.132. The zero-order valence-electron chi connectivity index (χ0n) is 12.3. The highest BCUT2D eigenvalue weighted by Gasteiger charge is 2.48. The number of urea groups is 1. The largest absolute Gasteiger partial charge is 0.356 e. The zero-order chi connectivity index (χ0) is 14.8. The maximum Gasteiger partial charge on any atom is 0.327 e. The Morgan fingerprint density at radius 3 is 2.37 bits per heavy atom. The minimum atomic E-state index is -0.800. The number of amides is 4. The van der Waals surface area contributed by atoms with E-state index in [2.05, 4.69) is 5.32 Å². The van der Waals surface area contributed by atoms with Gasteiger partial charge in [-0.15, -0.1) is 0 Å². The van der Waals surface area contributed by atoms with Gasteiger partial charge < -0.3 is 10.2 Å². The van der Waals surface area contributed by atoms with E-state index in [1.807, 2.05) is 6.92 Å². The van der Waals surface area contributed by atoms with E-state index in [1.165, 1.54) is 9.80 Å². The second kappa shape index (κ2) is 5.59. The average Bonchev–Trinajstić information content (AvgIpc) is 2.49. The maximum atomic E-state index is 12.1. The number of nitrogens with one attached hydrogen (secondary N) is 1. The van der Waals surface area contributed by atoms with Crippen LogP contribution in [0.5, 0.6) is 0 Å². The molecule has 1 fully saturated rings. The normalized spacial score (nSPS) is 19.8. The fourth-order valence-electron chi connectivity index (χ4n) is 1.98. The van der Waals surface area contributed by atoms with Crippen molar-refractivity contribution in [3.63, 3.8) is 0 Å². The zero-order valence-corrected chi connectivity index (χ0v) is 12.3. The number of nitrogens with zero attached hydrogens (tertiary/aromatic N) is 2. The minimum Gasteiger partial charge on any atom is -0.356 e. The Hall–Kier alpha value is -1.59. The molecule has 0 aromatic carbocycles. The number of carbonyl (C=O) groups is 3. The summed E-state index contributed by atoms with van der Waals surface area (Å²) >= 11 is 0. The molecule has 0 saturated carbocycles. The van der Waals surface area contributed by atoms with Gasteiger partial charge in [0.25, 0.3) is 5.91 Å². The highest BCUT2D eigenvalue weighted by molar-refractivity contribution is 6.06. The number of hydrogen-bond acceptors (Lipinski definition) is 3. The van der Waals surface area contributed by atoms with Crippen molar-refractivity contribution < 1.29 is 14.4 Å². The van der Waals surface area contributed by atoms with Crippen molar-refractivity contribution in [3.8, 4) is 0 Å². The van der Waals surface area contributed by atoms with Crippen LogP contribution in [0, 0.1) is 5.92 Å². The molecule has 6 nitrogen and oxygen atoms in total. The first-order chi connectivity index (χ1) is 8.73. The van der Waals surface area contributed by atoms with E-state index in [-0.39, 0.29) is 30.3 Å². The van der Waals surface area contributed by atoms with Gasteiger partial charge in [-0.1, -0.05) is 6.92 Å². The Bertz CT molecular complexity index is 393. The van der Waals surface area contributed by atoms with Crippen LogP contribution in [0.15, 0.2) is 0 Å². The van der Waals surface area contributed by atoms with Crippen molar-refractivity contribution in [1.82, 2.24) is 15.1 Å². The van der Waals surface area contributed by atoms with E-state index >= 15 is 0 Å². The van der Waals surface area contributed by atoms with Gasteiger partial charge in [0, 0.05) is 26.1 Å². The van der Waals surface area contributed by atoms with Crippen LogP contribution in [0.2, 0.25) is 0 Å². The summed E-state index contributed by atoms with van der Waals surface area (Å²) in [6.45, 7) is 7.96. The first-order valence-corrected chi connectivity index (χ1v) is 6.61. The van der Waals surface area contributed by atoms with Gasteiger partial charge in [0.15, 0.2) is 0 Å². The van der Waals surface area contributed by atoms with Gasteiger partial charge in [-0.25, -0.2) is 4.79 Å². The molecule has 6 heteroatoms. The number of hydrogen-bond donors (Lipinski definition) is 1. The standard InChI is InChI=1S/C13H23N3O3/c1-6-14-10(17)9(2)7-8-16-11(18)13(3,4)15(5)12(16)19/h9H,6-8H2,1-5H3,(H,14,17)/t9-/m0/s1. The predicted octanol–water partition coefficient (Wildman–Crippen LogP) is 0.821. The lowest BCUT2D eigenvalue weighted by Gasteiger charge is -2.22. The number of likely N-dealkylation sites (N-methyl/N-ethyl adjacent to an activating group) is 1. The lowest BCUT2D eigenvalue weighted by Crippen LogP contribution is -2.41. The van der Waals surface area contributed by atoms with Gasteiger partial charge in [0.1, 0.15) is 5.54 Å². The second-order valence-electron chi connectivity index (χ2n) is 5.44. The van der Waals surface area contributed by atoms with Gasteiger partial charge in [-0.3, -0.25) is 14.5 Å². The number of rotatable bonds is 5. The quantitative estimate of drug-likeness (QED) is 0.751. The molecular weight excluding hydrogens is 246 g/mol. The maximum absolute atomic E-state index is 12.1. The van der Waals surface area contributed by atoms with Crippen LogP contribution in [0.4, 0.5) is 4.79 Å². The Kier molecular flexibility index (Phi) is 4.55. The highest BCUT2D eigenvalue weighted by atomic mass is 16.2. The topological polar surface area (TPSA) is 69.7 Å². The lowest BCUT2D eigenvalue weighted by atomic mass is 10.0. The Labute approximate surface area is 114 Å². The summed E-state index contributed by atoms with van der Waals surface area (Å²) in [7, 11) is 1.62. The van der Waals surface area contributed by atoms with Gasteiger partial charge in [-0.2, -0.15) is 0 Å². The second-order valence-corrected chi connectivity index (χ2v) is 5.44. The molecule has 0 aromatic heterocycles. The molecule has 1 N–H and O–H groups in total. The molecule has 0 aliphatic carbocycles. The van der Waals surface area contributed by atoms with Crippen LogP contribution in [0.25, 0.3) is 0 Å². The molecule has 0 radical (unpaired) electrons. The van der Waals surface area contributed by atoms with Crippen LogP contribution in [0.1, 0.15) is 34.1 Å². The summed E-state index contributed by atoms with van der Waals surface area (Å²) in [5, 5.41) is 2.73. The Morgan fingerprint density at radius 2 is 1.95 bits per heavy atom. The van der Waals surface area contributed by atoms with Crippen LogP contribution in [-0.2, 0) is 9.59 Å². The Balaban J connectivity index is 2.62. The van der Waals surface area contributed by atoms with Crippen molar-refractivity contribution in [1.29, 1.82) is 0 Å². The smallest absolute Gasteiger partial charge is 0.327 e. The van der Waals surface area contributed by atoms with Gasteiger partial charge in [-0.05, 0) is 27.2 Å². The summed E-state index contributed by atoms with van der Waals surface area (Å²) in [4.78, 5) is 38.3. The van der Waals surface area contributed by atoms with E-state index in [9.17, 15) is 14.4 Å². The Morgan fingerprint density at radius 1 is 1.37 bits per heavy atom. The summed E-state index contributed by atoms with van der Waals surface area (Å²) < 4.78 is 0. The minimum absolute atomic E-state index is 0.0470. The molecule has 19 heavy (non-hydrogen) atoms.